The molecule has 23 heavy (non-hydrogen) atoms. The fourth-order valence-electron chi connectivity index (χ4n) is 1.94. The molecule has 0 aliphatic heterocycles. The molecule has 3 aromatic rings. The van der Waals surface area contributed by atoms with Gasteiger partial charge in [0.1, 0.15) is 0 Å². The molecule has 2 aromatic heterocycles. The van der Waals surface area contributed by atoms with Gasteiger partial charge < -0.3 is 10.3 Å². The molecular weight excluding hydrogens is 338 g/mol. The number of amides is 1. The fourth-order valence-corrected chi connectivity index (χ4v) is 2.60. The molecule has 3 rings (SSSR count). The van der Waals surface area contributed by atoms with E-state index < -0.39 is 0 Å². The Morgan fingerprint density at radius 2 is 2.22 bits per heavy atom. The molecule has 0 radical (unpaired) electrons. The Kier molecular flexibility index (Phi) is 5.41. The van der Waals surface area contributed by atoms with Crippen LogP contribution in [-0.2, 0) is 4.79 Å². The number of aromatic nitrogens is 4. The molecule has 0 aliphatic carbocycles. The highest BCUT2D eigenvalue weighted by atomic mass is 35.5. The first-order valence-corrected chi connectivity index (χ1v) is 7.53. The summed E-state index contributed by atoms with van der Waals surface area (Å²) in [5.41, 5.74) is 2.18. The van der Waals surface area contributed by atoms with E-state index in [1.807, 2.05) is 31.2 Å². The number of carbonyl (C=O) groups is 1. The number of halogens is 1. The van der Waals surface area contributed by atoms with Gasteiger partial charge in [0.2, 0.25) is 5.91 Å². The zero-order valence-electron chi connectivity index (χ0n) is 12.1. The number of anilines is 1. The van der Waals surface area contributed by atoms with Gasteiger partial charge in [-0.1, -0.05) is 23.9 Å². The average Bonchev–Trinajstić information content (AvgIpc) is 2.94. The van der Waals surface area contributed by atoms with Crippen LogP contribution < -0.4 is 10.9 Å². The Bertz CT molecular complexity index is 892. The average molecular weight is 352 g/mol. The van der Waals surface area contributed by atoms with Gasteiger partial charge >= 0.3 is 0 Å². The van der Waals surface area contributed by atoms with Gasteiger partial charge in [-0.15, -0.1) is 12.4 Å². The van der Waals surface area contributed by atoms with Crippen LogP contribution in [0.5, 0.6) is 0 Å². The molecule has 0 spiro atoms. The van der Waals surface area contributed by atoms with Gasteiger partial charge in [0.25, 0.3) is 5.56 Å². The fraction of sp³-hybridized carbons (Fsp3) is 0.143. The lowest BCUT2D eigenvalue weighted by atomic mass is 10.2. The first kappa shape index (κ1) is 17.0. The number of imidazole rings is 1. The van der Waals surface area contributed by atoms with E-state index in [2.05, 4.69) is 25.3 Å². The van der Waals surface area contributed by atoms with Crippen LogP contribution in [0.1, 0.15) is 5.56 Å². The van der Waals surface area contributed by atoms with Crippen molar-refractivity contribution in [2.24, 2.45) is 0 Å². The number of hydrogen-bond acceptors (Lipinski definition) is 5. The van der Waals surface area contributed by atoms with Crippen LogP contribution in [0.4, 0.5) is 5.69 Å². The van der Waals surface area contributed by atoms with E-state index in [9.17, 15) is 9.59 Å². The van der Waals surface area contributed by atoms with Gasteiger partial charge in [-0.3, -0.25) is 14.6 Å². The third-order valence-corrected chi connectivity index (χ3v) is 3.79. The van der Waals surface area contributed by atoms with Crippen LogP contribution in [0.25, 0.3) is 11.2 Å². The molecule has 2 heterocycles. The van der Waals surface area contributed by atoms with E-state index in [4.69, 9.17) is 0 Å². The van der Waals surface area contributed by atoms with E-state index in [1.54, 1.807) is 0 Å². The van der Waals surface area contributed by atoms with Crippen LogP contribution in [0.15, 0.2) is 40.5 Å². The standard InChI is InChI=1S/C14H13N5O2S.ClH/c1-8-3-2-4-9(5-8)17-10(20)6-22-14-18-12-11(13(21)19-14)15-7-16-12;/h2-5,7H,6H2,1H3,(H,17,20)(H2,15,16,18,19,21);1H. The SMILES string of the molecule is Cc1cccc(NC(=O)CSc2nc3nc[nH]c3c(=O)[nH]2)c1.Cl. The van der Waals surface area contributed by atoms with Crippen LogP contribution >= 0.6 is 24.2 Å². The minimum absolute atomic E-state index is 0. The molecular formula is C14H14ClN5O2S. The van der Waals surface area contributed by atoms with Crippen molar-refractivity contribution in [1.29, 1.82) is 0 Å². The highest BCUT2D eigenvalue weighted by molar-refractivity contribution is 7.99. The lowest BCUT2D eigenvalue weighted by Crippen LogP contribution is -2.15. The predicted octanol–water partition coefficient (Wildman–Crippen LogP) is 2.11. The summed E-state index contributed by atoms with van der Waals surface area (Å²) in [5, 5.41) is 3.16. The third-order valence-electron chi connectivity index (χ3n) is 2.92. The number of carbonyl (C=O) groups excluding carboxylic acids is 1. The van der Waals surface area contributed by atoms with Gasteiger partial charge in [-0.05, 0) is 24.6 Å². The molecule has 120 valence electrons. The summed E-state index contributed by atoms with van der Waals surface area (Å²) in [6.45, 7) is 1.96. The highest BCUT2D eigenvalue weighted by Gasteiger charge is 2.09. The monoisotopic (exact) mass is 351 g/mol. The molecule has 7 nitrogen and oxygen atoms in total. The molecule has 9 heteroatoms. The van der Waals surface area contributed by atoms with Crippen LogP contribution in [-0.4, -0.2) is 31.6 Å². The minimum atomic E-state index is -0.302. The molecule has 0 aliphatic rings. The zero-order chi connectivity index (χ0) is 15.5. The normalized spacial score (nSPS) is 10.3. The Labute approximate surface area is 141 Å². The number of fused-ring (bicyclic) bond motifs is 1. The summed E-state index contributed by atoms with van der Waals surface area (Å²) in [5.74, 6) is -0.0207. The van der Waals surface area contributed by atoms with Crippen molar-refractivity contribution < 1.29 is 4.79 Å². The van der Waals surface area contributed by atoms with Gasteiger partial charge in [0.05, 0.1) is 12.1 Å². The Hall–Kier alpha value is -2.32. The second kappa shape index (κ2) is 7.30. The number of rotatable bonds is 4. The van der Waals surface area contributed by atoms with Crippen LogP contribution in [0, 0.1) is 6.92 Å². The molecule has 0 bridgehead atoms. The number of H-pyrrole nitrogens is 2. The lowest BCUT2D eigenvalue weighted by Gasteiger charge is -2.05. The molecule has 1 amide bonds. The molecule has 0 saturated heterocycles. The molecule has 0 fully saturated rings. The van der Waals surface area contributed by atoms with Gasteiger partial charge in [0, 0.05) is 5.69 Å². The quantitative estimate of drug-likeness (QED) is 0.493. The van der Waals surface area contributed by atoms with E-state index in [-0.39, 0.29) is 29.6 Å². The second-order valence-electron chi connectivity index (χ2n) is 4.68. The highest BCUT2D eigenvalue weighted by Crippen LogP contribution is 2.14. The predicted molar refractivity (Wildman–Crippen MR) is 92.3 cm³/mol. The number of benzene rings is 1. The number of aromatic amines is 2. The van der Waals surface area contributed by atoms with E-state index in [0.717, 1.165) is 23.0 Å². The maximum Gasteiger partial charge on any atom is 0.277 e. The summed E-state index contributed by atoms with van der Waals surface area (Å²) in [6, 6.07) is 7.55. The van der Waals surface area contributed by atoms with E-state index in [1.165, 1.54) is 6.33 Å². The number of nitrogens with one attached hydrogen (secondary N) is 3. The second-order valence-corrected chi connectivity index (χ2v) is 5.64. The first-order chi connectivity index (χ1) is 10.6. The molecule has 0 saturated carbocycles. The van der Waals surface area contributed by atoms with E-state index in [0.29, 0.717) is 16.3 Å². The Balaban J connectivity index is 0.00000192. The molecule has 3 N–H and O–H groups in total. The summed E-state index contributed by atoms with van der Waals surface area (Å²) in [4.78, 5) is 37.1. The van der Waals surface area contributed by atoms with Crippen molar-refractivity contribution in [1.82, 2.24) is 19.9 Å². The van der Waals surface area contributed by atoms with Crippen LogP contribution in [0.2, 0.25) is 0 Å². The maximum absolute atomic E-state index is 11.9. The summed E-state index contributed by atoms with van der Waals surface area (Å²) >= 11 is 1.15. The number of aryl methyl sites for hydroxylation is 1. The first-order valence-electron chi connectivity index (χ1n) is 6.54. The lowest BCUT2D eigenvalue weighted by molar-refractivity contribution is -0.113. The van der Waals surface area contributed by atoms with Crippen LogP contribution in [0.3, 0.4) is 0 Å². The van der Waals surface area contributed by atoms with Crippen molar-refractivity contribution in [3.8, 4) is 0 Å². The van der Waals surface area contributed by atoms with Crippen molar-refractivity contribution in [2.75, 3.05) is 11.1 Å². The molecule has 1 aromatic carbocycles. The smallest absolute Gasteiger partial charge is 0.277 e. The third kappa shape index (κ3) is 4.11. The Morgan fingerprint density at radius 1 is 1.39 bits per heavy atom. The maximum atomic E-state index is 11.9. The van der Waals surface area contributed by atoms with E-state index >= 15 is 0 Å². The van der Waals surface area contributed by atoms with Crippen molar-refractivity contribution in [3.63, 3.8) is 0 Å². The number of thioether (sulfide) groups is 1. The number of hydrogen-bond donors (Lipinski definition) is 3. The van der Waals surface area contributed by atoms with Crippen molar-refractivity contribution in [3.05, 3.63) is 46.5 Å². The zero-order valence-corrected chi connectivity index (χ0v) is 13.8. The van der Waals surface area contributed by atoms with Crippen molar-refractivity contribution >= 4 is 46.9 Å². The van der Waals surface area contributed by atoms with Gasteiger partial charge in [-0.2, -0.15) is 0 Å². The van der Waals surface area contributed by atoms with Gasteiger partial charge in [0.15, 0.2) is 16.3 Å². The molecule has 0 atom stereocenters. The van der Waals surface area contributed by atoms with Crippen molar-refractivity contribution in [2.45, 2.75) is 12.1 Å². The molecule has 0 unspecified atom stereocenters. The Morgan fingerprint density at radius 3 is 3.00 bits per heavy atom. The minimum Gasteiger partial charge on any atom is -0.339 e. The summed E-state index contributed by atoms with van der Waals surface area (Å²) < 4.78 is 0. The van der Waals surface area contributed by atoms with Gasteiger partial charge in [-0.25, -0.2) is 9.97 Å². The topological polar surface area (TPSA) is 104 Å². The summed E-state index contributed by atoms with van der Waals surface area (Å²) in [7, 11) is 0. The number of nitrogens with zero attached hydrogens (tertiary/aromatic N) is 2. The largest absolute Gasteiger partial charge is 0.339 e. The summed E-state index contributed by atoms with van der Waals surface area (Å²) in [6.07, 6.45) is 1.41.